The monoisotopic (exact) mass is 259 g/mol. The third-order valence-electron chi connectivity index (χ3n) is 2.90. The summed E-state index contributed by atoms with van der Waals surface area (Å²) in [6, 6.07) is 11.1. The van der Waals surface area contributed by atoms with Gasteiger partial charge in [0.05, 0.1) is 5.56 Å². The summed E-state index contributed by atoms with van der Waals surface area (Å²) in [7, 11) is 0. The first-order chi connectivity index (χ1) is 9.08. The fraction of sp³-hybridized carbons (Fsp3) is 0.133. The molecule has 0 atom stereocenters. The Hall–Kier alpha value is -2.36. The largest absolute Gasteiger partial charge is 0.508 e. The topological polar surface area (TPSA) is 49.3 Å². The van der Waals surface area contributed by atoms with Crippen molar-refractivity contribution in [1.29, 1.82) is 0 Å². The Morgan fingerprint density at radius 3 is 2.68 bits per heavy atom. The molecule has 0 saturated carbocycles. The third-order valence-corrected chi connectivity index (χ3v) is 2.90. The standard InChI is InChI=1S/C15H14FNO2/c1-10-4-2-3-5-11(10)9-17-15(19)13-7-6-12(18)8-14(13)16/h2-8,18H,9H2,1H3,(H,17,19). The van der Waals surface area contributed by atoms with Gasteiger partial charge in [0.15, 0.2) is 0 Å². The van der Waals surface area contributed by atoms with Crippen LogP contribution >= 0.6 is 0 Å². The molecule has 0 aliphatic heterocycles. The minimum atomic E-state index is -0.734. The van der Waals surface area contributed by atoms with E-state index in [1.54, 1.807) is 0 Å². The molecule has 19 heavy (non-hydrogen) atoms. The molecule has 98 valence electrons. The molecule has 0 bridgehead atoms. The number of benzene rings is 2. The fourth-order valence-corrected chi connectivity index (χ4v) is 1.77. The summed E-state index contributed by atoms with van der Waals surface area (Å²) in [6.45, 7) is 2.29. The van der Waals surface area contributed by atoms with E-state index in [-0.39, 0.29) is 11.3 Å². The molecule has 0 unspecified atom stereocenters. The number of halogens is 1. The van der Waals surface area contributed by atoms with Gasteiger partial charge in [-0.3, -0.25) is 4.79 Å². The number of hydrogen-bond donors (Lipinski definition) is 2. The summed E-state index contributed by atoms with van der Waals surface area (Å²) in [4.78, 5) is 11.8. The van der Waals surface area contributed by atoms with Crippen LogP contribution in [-0.4, -0.2) is 11.0 Å². The van der Waals surface area contributed by atoms with Gasteiger partial charge in [-0.15, -0.1) is 0 Å². The molecule has 0 aliphatic carbocycles. The summed E-state index contributed by atoms with van der Waals surface area (Å²) in [5.74, 6) is -1.43. The first-order valence-corrected chi connectivity index (χ1v) is 5.89. The van der Waals surface area contributed by atoms with E-state index in [9.17, 15) is 9.18 Å². The predicted molar refractivity (Wildman–Crippen MR) is 70.4 cm³/mol. The lowest BCUT2D eigenvalue weighted by atomic mass is 10.1. The Morgan fingerprint density at radius 1 is 1.26 bits per heavy atom. The van der Waals surface area contributed by atoms with Crippen LogP contribution in [0.25, 0.3) is 0 Å². The zero-order valence-electron chi connectivity index (χ0n) is 10.5. The van der Waals surface area contributed by atoms with Crippen LogP contribution in [0.3, 0.4) is 0 Å². The highest BCUT2D eigenvalue weighted by molar-refractivity contribution is 5.94. The van der Waals surface area contributed by atoms with Crippen molar-refractivity contribution in [3.63, 3.8) is 0 Å². The van der Waals surface area contributed by atoms with E-state index in [4.69, 9.17) is 5.11 Å². The molecule has 3 nitrogen and oxygen atoms in total. The first-order valence-electron chi connectivity index (χ1n) is 5.89. The lowest BCUT2D eigenvalue weighted by Crippen LogP contribution is -2.24. The van der Waals surface area contributed by atoms with Crippen molar-refractivity contribution >= 4 is 5.91 Å². The number of phenols is 1. The number of hydrogen-bond acceptors (Lipinski definition) is 2. The summed E-state index contributed by atoms with van der Waals surface area (Å²) in [5.41, 5.74) is 1.97. The highest BCUT2D eigenvalue weighted by atomic mass is 19.1. The Labute approximate surface area is 110 Å². The van der Waals surface area contributed by atoms with Crippen molar-refractivity contribution in [2.24, 2.45) is 0 Å². The Bertz CT molecular complexity index is 611. The Morgan fingerprint density at radius 2 is 2.00 bits per heavy atom. The van der Waals surface area contributed by atoms with Crippen LogP contribution in [-0.2, 0) is 6.54 Å². The number of rotatable bonds is 3. The molecule has 0 radical (unpaired) electrons. The normalized spacial score (nSPS) is 10.2. The van der Waals surface area contributed by atoms with Gasteiger partial charge >= 0.3 is 0 Å². The van der Waals surface area contributed by atoms with E-state index in [0.717, 1.165) is 17.2 Å². The zero-order chi connectivity index (χ0) is 13.8. The lowest BCUT2D eigenvalue weighted by Gasteiger charge is -2.08. The van der Waals surface area contributed by atoms with Crippen LogP contribution in [0.2, 0.25) is 0 Å². The highest BCUT2D eigenvalue weighted by Crippen LogP contribution is 2.15. The Kier molecular flexibility index (Phi) is 3.80. The van der Waals surface area contributed by atoms with Gasteiger partial charge in [-0.25, -0.2) is 4.39 Å². The predicted octanol–water partition coefficient (Wildman–Crippen LogP) is 2.77. The second kappa shape index (κ2) is 5.52. The number of amides is 1. The SMILES string of the molecule is Cc1ccccc1CNC(=O)c1ccc(O)cc1F. The molecule has 0 aliphatic rings. The molecule has 2 rings (SSSR count). The van der Waals surface area contributed by atoms with Crippen molar-refractivity contribution in [3.05, 3.63) is 65.0 Å². The van der Waals surface area contributed by atoms with Crippen LogP contribution in [0.5, 0.6) is 5.75 Å². The average Bonchev–Trinajstić information content (AvgIpc) is 2.37. The van der Waals surface area contributed by atoms with Crippen molar-refractivity contribution in [3.8, 4) is 5.75 Å². The van der Waals surface area contributed by atoms with Crippen LogP contribution in [0.4, 0.5) is 4.39 Å². The first kappa shape index (κ1) is 13.1. The van der Waals surface area contributed by atoms with Gasteiger partial charge in [-0.1, -0.05) is 24.3 Å². The third kappa shape index (κ3) is 3.10. The van der Waals surface area contributed by atoms with Crippen LogP contribution in [0.15, 0.2) is 42.5 Å². The molecule has 2 N–H and O–H groups in total. The fourth-order valence-electron chi connectivity index (χ4n) is 1.77. The molecular formula is C15H14FNO2. The summed E-state index contributed by atoms with van der Waals surface area (Å²) in [6.07, 6.45) is 0. The van der Waals surface area contributed by atoms with Gasteiger partial charge in [0.25, 0.3) is 5.91 Å². The number of aromatic hydroxyl groups is 1. The van der Waals surface area contributed by atoms with Gasteiger partial charge < -0.3 is 10.4 Å². The van der Waals surface area contributed by atoms with E-state index in [2.05, 4.69) is 5.32 Å². The van der Waals surface area contributed by atoms with Gasteiger partial charge in [0.2, 0.25) is 0 Å². The lowest BCUT2D eigenvalue weighted by molar-refractivity contribution is 0.0947. The maximum Gasteiger partial charge on any atom is 0.254 e. The quantitative estimate of drug-likeness (QED) is 0.890. The molecule has 0 fully saturated rings. The average molecular weight is 259 g/mol. The van der Waals surface area contributed by atoms with Gasteiger partial charge in [-0.05, 0) is 30.2 Å². The van der Waals surface area contributed by atoms with E-state index < -0.39 is 11.7 Å². The molecule has 0 spiro atoms. The molecule has 4 heteroatoms. The Balaban J connectivity index is 2.08. The summed E-state index contributed by atoms with van der Waals surface area (Å²) < 4.78 is 13.5. The van der Waals surface area contributed by atoms with E-state index in [1.165, 1.54) is 12.1 Å². The highest BCUT2D eigenvalue weighted by Gasteiger charge is 2.12. The molecule has 1 amide bonds. The number of aryl methyl sites for hydroxylation is 1. The molecular weight excluding hydrogens is 245 g/mol. The zero-order valence-corrected chi connectivity index (χ0v) is 10.5. The molecule has 0 heterocycles. The van der Waals surface area contributed by atoms with Crippen LogP contribution in [0.1, 0.15) is 21.5 Å². The summed E-state index contributed by atoms with van der Waals surface area (Å²) >= 11 is 0. The van der Waals surface area contributed by atoms with E-state index in [1.807, 2.05) is 31.2 Å². The molecule has 0 aromatic heterocycles. The van der Waals surface area contributed by atoms with Crippen LogP contribution < -0.4 is 5.32 Å². The maximum absolute atomic E-state index is 13.5. The van der Waals surface area contributed by atoms with Gasteiger partial charge in [-0.2, -0.15) is 0 Å². The molecule has 2 aromatic rings. The number of carbonyl (C=O) groups excluding carboxylic acids is 1. The second-order valence-electron chi connectivity index (χ2n) is 4.27. The number of nitrogens with one attached hydrogen (secondary N) is 1. The van der Waals surface area contributed by atoms with Crippen molar-refractivity contribution in [2.75, 3.05) is 0 Å². The van der Waals surface area contributed by atoms with Gasteiger partial charge in [0, 0.05) is 12.6 Å². The van der Waals surface area contributed by atoms with Crippen LogP contribution in [0, 0.1) is 12.7 Å². The van der Waals surface area contributed by atoms with Crippen molar-refractivity contribution in [1.82, 2.24) is 5.32 Å². The summed E-state index contributed by atoms with van der Waals surface area (Å²) in [5, 5.41) is 11.7. The smallest absolute Gasteiger partial charge is 0.254 e. The van der Waals surface area contributed by atoms with Crippen molar-refractivity contribution in [2.45, 2.75) is 13.5 Å². The molecule has 2 aromatic carbocycles. The number of carbonyl (C=O) groups is 1. The second-order valence-corrected chi connectivity index (χ2v) is 4.27. The van der Waals surface area contributed by atoms with Gasteiger partial charge in [0.1, 0.15) is 11.6 Å². The van der Waals surface area contributed by atoms with E-state index >= 15 is 0 Å². The number of phenolic OH excluding ortho intramolecular Hbond substituents is 1. The maximum atomic E-state index is 13.5. The van der Waals surface area contributed by atoms with Crippen molar-refractivity contribution < 1.29 is 14.3 Å². The minimum Gasteiger partial charge on any atom is -0.508 e. The molecule has 0 saturated heterocycles. The minimum absolute atomic E-state index is 0.0774. The van der Waals surface area contributed by atoms with E-state index in [0.29, 0.717) is 6.54 Å².